The summed E-state index contributed by atoms with van der Waals surface area (Å²) in [5.74, 6) is -0.128. The van der Waals surface area contributed by atoms with Gasteiger partial charge in [0.15, 0.2) is 0 Å². The summed E-state index contributed by atoms with van der Waals surface area (Å²) >= 11 is 0.933. The molecule has 0 radical (unpaired) electrons. The first kappa shape index (κ1) is 19.5. The Morgan fingerprint density at radius 2 is 1.75 bits per heavy atom. The van der Waals surface area contributed by atoms with E-state index in [1.54, 1.807) is 36.1 Å². The number of anilines is 1. The van der Waals surface area contributed by atoms with Gasteiger partial charge in [-0.2, -0.15) is 5.10 Å². The number of methoxy groups -OCH3 is 1. The first-order chi connectivity index (χ1) is 13.4. The molecule has 1 aromatic carbocycles. The van der Waals surface area contributed by atoms with Crippen LogP contribution in [0.4, 0.5) is 5.69 Å². The van der Waals surface area contributed by atoms with Crippen molar-refractivity contribution in [3.8, 4) is 5.75 Å². The van der Waals surface area contributed by atoms with Crippen molar-refractivity contribution in [1.29, 1.82) is 0 Å². The second-order valence-corrected chi connectivity index (χ2v) is 7.03. The Morgan fingerprint density at radius 3 is 2.32 bits per heavy atom. The average Bonchev–Trinajstić information content (AvgIpc) is 3.27. The van der Waals surface area contributed by atoms with Gasteiger partial charge in [0.25, 0.3) is 11.8 Å². The van der Waals surface area contributed by atoms with Crippen LogP contribution in [0.3, 0.4) is 0 Å². The lowest BCUT2D eigenvalue weighted by Gasteiger charge is -2.04. The van der Waals surface area contributed by atoms with Crippen LogP contribution in [0.1, 0.15) is 36.6 Å². The molecule has 0 spiro atoms. The third-order valence-corrected chi connectivity index (χ3v) is 5.17. The molecule has 0 aliphatic heterocycles. The normalized spacial score (nSPS) is 10.6. The Bertz CT molecular complexity index is 1010. The molecule has 3 rings (SSSR count). The molecule has 0 unspecified atom stereocenters. The fraction of sp³-hybridized carbons (Fsp3) is 0.278. The Morgan fingerprint density at radius 1 is 1.11 bits per heavy atom. The number of hydrogen-bond donors (Lipinski definition) is 2. The van der Waals surface area contributed by atoms with Crippen LogP contribution in [0, 0.1) is 13.8 Å². The summed E-state index contributed by atoms with van der Waals surface area (Å²) in [5, 5.41) is 17.7. The molecule has 0 bridgehead atoms. The number of hydrogen-bond acceptors (Lipinski definition) is 7. The molecule has 0 saturated heterocycles. The summed E-state index contributed by atoms with van der Waals surface area (Å²) in [5.41, 5.74) is 3.39. The molecule has 0 atom stereocenters. The van der Waals surface area contributed by atoms with Crippen molar-refractivity contribution in [2.75, 3.05) is 12.4 Å². The summed E-state index contributed by atoms with van der Waals surface area (Å²) < 4.78 is 6.84. The maximum absolute atomic E-state index is 12.3. The SMILES string of the molecule is COc1ccc(NC(=O)c2nnc(C(=O)NCc3c(C)nn(C)c3C)s2)cc1. The molecule has 2 aromatic heterocycles. The lowest BCUT2D eigenvalue weighted by atomic mass is 10.2. The molecule has 2 heterocycles. The second-order valence-electron chi connectivity index (χ2n) is 6.05. The van der Waals surface area contributed by atoms with Gasteiger partial charge in [0.2, 0.25) is 10.0 Å². The molecule has 0 aliphatic carbocycles. The Balaban J connectivity index is 1.62. The van der Waals surface area contributed by atoms with Gasteiger partial charge in [0, 0.05) is 30.5 Å². The number of aromatic nitrogens is 4. The quantitative estimate of drug-likeness (QED) is 0.655. The summed E-state index contributed by atoms with van der Waals surface area (Å²) in [6, 6.07) is 6.89. The third kappa shape index (κ3) is 4.17. The van der Waals surface area contributed by atoms with E-state index >= 15 is 0 Å². The predicted octanol–water partition coefficient (Wildman–Crippen LogP) is 2.08. The summed E-state index contributed by atoms with van der Waals surface area (Å²) in [7, 11) is 3.42. The van der Waals surface area contributed by atoms with Crippen LogP contribution in [0.5, 0.6) is 5.75 Å². The molecule has 0 saturated carbocycles. The Labute approximate surface area is 165 Å². The zero-order valence-electron chi connectivity index (χ0n) is 15.9. The van der Waals surface area contributed by atoms with Crippen molar-refractivity contribution in [2.45, 2.75) is 20.4 Å². The molecule has 0 fully saturated rings. The smallest absolute Gasteiger partial charge is 0.286 e. The van der Waals surface area contributed by atoms with Crippen molar-refractivity contribution in [3.05, 3.63) is 51.2 Å². The van der Waals surface area contributed by atoms with Gasteiger partial charge >= 0.3 is 0 Å². The van der Waals surface area contributed by atoms with E-state index < -0.39 is 5.91 Å². The predicted molar refractivity (Wildman–Crippen MR) is 105 cm³/mol. The number of carbonyl (C=O) groups is 2. The van der Waals surface area contributed by atoms with Crippen LogP contribution in [-0.4, -0.2) is 38.9 Å². The van der Waals surface area contributed by atoms with E-state index in [2.05, 4.69) is 25.9 Å². The maximum atomic E-state index is 12.3. The van der Waals surface area contributed by atoms with Gasteiger partial charge < -0.3 is 15.4 Å². The minimum atomic E-state index is -0.430. The number of nitrogens with one attached hydrogen (secondary N) is 2. The first-order valence-corrected chi connectivity index (χ1v) is 9.27. The van der Waals surface area contributed by atoms with E-state index in [4.69, 9.17) is 4.74 Å². The summed E-state index contributed by atoms with van der Waals surface area (Å²) in [6.07, 6.45) is 0. The van der Waals surface area contributed by atoms with Gasteiger partial charge in [0.05, 0.1) is 12.8 Å². The van der Waals surface area contributed by atoms with Crippen LogP contribution in [-0.2, 0) is 13.6 Å². The molecule has 10 heteroatoms. The average molecular weight is 400 g/mol. The number of ether oxygens (including phenoxy) is 1. The molecular weight excluding hydrogens is 380 g/mol. The fourth-order valence-electron chi connectivity index (χ4n) is 2.58. The zero-order valence-corrected chi connectivity index (χ0v) is 16.8. The molecular formula is C18H20N6O3S. The van der Waals surface area contributed by atoms with Crippen LogP contribution in [0.2, 0.25) is 0 Å². The number of benzene rings is 1. The highest BCUT2D eigenvalue weighted by molar-refractivity contribution is 7.15. The van der Waals surface area contributed by atoms with E-state index in [9.17, 15) is 9.59 Å². The van der Waals surface area contributed by atoms with E-state index in [1.165, 1.54) is 0 Å². The Kier molecular flexibility index (Phi) is 5.69. The van der Waals surface area contributed by atoms with Crippen molar-refractivity contribution >= 4 is 28.8 Å². The summed E-state index contributed by atoms with van der Waals surface area (Å²) in [4.78, 5) is 24.6. The maximum Gasteiger partial charge on any atom is 0.286 e. The molecule has 2 amide bonds. The highest BCUT2D eigenvalue weighted by atomic mass is 32.1. The second kappa shape index (κ2) is 8.17. The number of carbonyl (C=O) groups excluding carboxylic acids is 2. The topological polar surface area (TPSA) is 111 Å². The van der Waals surface area contributed by atoms with Crippen LogP contribution < -0.4 is 15.4 Å². The zero-order chi connectivity index (χ0) is 20.3. The lowest BCUT2D eigenvalue weighted by molar-refractivity contribution is 0.0948. The van der Waals surface area contributed by atoms with E-state index in [-0.39, 0.29) is 15.9 Å². The van der Waals surface area contributed by atoms with Crippen LogP contribution in [0.15, 0.2) is 24.3 Å². The van der Waals surface area contributed by atoms with Gasteiger partial charge in [-0.3, -0.25) is 14.3 Å². The lowest BCUT2D eigenvalue weighted by Crippen LogP contribution is -2.23. The van der Waals surface area contributed by atoms with Gasteiger partial charge in [-0.1, -0.05) is 11.3 Å². The van der Waals surface area contributed by atoms with E-state index in [0.29, 0.717) is 18.0 Å². The minimum absolute atomic E-state index is 0.106. The van der Waals surface area contributed by atoms with Crippen molar-refractivity contribution in [1.82, 2.24) is 25.3 Å². The standard InChI is InChI=1S/C18H20N6O3S/c1-10-14(11(2)24(3)23-10)9-19-15(25)17-21-22-18(28-17)16(26)20-12-5-7-13(27-4)8-6-12/h5-8H,9H2,1-4H3,(H,19,25)(H,20,26). The fourth-order valence-corrected chi connectivity index (χ4v) is 3.24. The molecule has 2 N–H and O–H groups in total. The highest BCUT2D eigenvalue weighted by Gasteiger charge is 2.18. The van der Waals surface area contributed by atoms with Crippen LogP contribution >= 0.6 is 11.3 Å². The minimum Gasteiger partial charge on any atom is -0.497 e. The summed E-state index contributed by atoms with van der Waals surface area (Å²) in [6.45, 7) is 4.16. The molecule has 9 nitrogen and oxygen atoms in total. The monoisotopic (exact) mass is 400 g/mol. The molecule has 0 aliphatic rings. The van der Waals surface area contributed by atoms with Crippen molar-refractivity contribution < 1.29 is 14.3 Å². The van der Waals surface area contributed by atoms with E-state index in [0.717, 1.165) is 28.3 Å². The van der Waals surface area contributed by atoms with Gasteiger partial charge in [0.1, 0.15) is 5.75 Å². The molecule has 28 heavy (non-hydrogen) atoms. The number of rotatable bonds is 6. The number of amides is 2. The first-order valence-electron chi connectivity index (χ1n) is 8.45. The van der Waals surface area contributed by atoms with Gasteiger partial charge in [-0.25, -0.2) is 0 Å². The molecule has 146 valence electrons. The van der Waals surface area contributed by atoms with Crippen LogP contribution in [0.25, 0.3) is 0 Å². The number of nitrogens with zero attached hydrogens (tertiary/aromatic N) is 4. The van der Waals surface area contributed by atoms with Gasteiger partial charge in [-0.05, 0) is 38.1 Å². The van der Waals surface area contributed by atoms with Crippen molar-refractivity contribution in [3.63, 3.8) is 0 Å². The number of aryl methyl sites for hydroxylation is 2. The van der Waals surface area contributed by atoms with Gasteiger partial charge in [-0.15, -0.1) is 10.2 Å². The largest absolute Gasteiger partial charge is 0.497 e. The highest BCUT2D eigenvalue weighted by Crippen LogP contribution is 2.17. The van der Waals surface area contributed by atoms with Crippen molar-refractivity contribution in [2.24, 2.45) is 7.05 Å². The van der Waals surface area contributed by atoms with E-state index in [1.807, 2.05) is 20.9 Å². The Hall–Kier alpha value is -3.27. The molecule has 3 aromatic rings. The third-order valence-electron chi connectivity index (χ3n) is 4.25.